The SMILES string of the molecule is Cc1nccn1C1CCCC(NC2CC2)(C(=O)O)C1. The van der Waals surface area contributed by atoms with Gasteiger partial charge in [-0.2, -0.15) is 0 Å². The van der Waals surface area contributed by atoms with Gasteiger partial charge in [0.05, 0.1) is 0 Å². The lowest BCUT2D eigenvalue weighted by Crippen LogP contribution is -2.55. The Labute approximate surface area is 113 Å². The standard InChI is InChI=1S/C14H21N3O2/c1-10-15-7-8-17(10)12-3-2-6-14(9-12,13(18)19)16-11-4-5-11/h7-8,11-12,16H,2-6,9H2,1H3,(H,18,19). The lowest BCUT2D eigenvalue weighted by atomic mass is 9.78. The number of carbonyl (C=O) groups is 1. The first-order chi connectivity index (χ1) is 9.11. The summed E-state index contributed by atoms with van der Waals surface area (Å²) < 4.78 is 2.13. The van der Waals surface area contributed by atoms with Crippen LogP contribution >= 0.6 is 0 Å². The number of hydrogen-bond acceptors (Lipinski definition) is 3. The molecule has 19 heavy (non-hydrogen) atoms. The molecular weight excluding hydrogens is 242 g/mol. The molecular formula is C14H21N3O2. The maximum atomic E-state index is 11.8. The summed E-state index contributed by atoms with van der Waals surface area (Å²) in [6, 6.07) is 0.664. The minimum atomic E-state index is -0.735. The zero-order valence-corrected chi connectivity index (χ0v) is 11.3. The van der Waals surface area contributed by atoms with E-state index in [0.29, 0.717) is 12.5 Å². The molecule has 2 saturated carbocycles. The third-order valence-electron chi connectivity index (χ3n) is 4.45. The molecule has 2 aliphatic rings. The number of aromatic nitrogens is 2. The lowest BCUT2D eigenvalue weighted by molar-refractivity contribution is -0.147. The summed E-state index contributed by atoms with van der Waals surface area (Å²) in [6.45, 7) is 1.98. The molecule has 5 nitrogen and oxygen atoms in total. The quantitative estimate of drug-likeness (QED) is 0.870. The first-order valence-corrected chi connectivity index (χ1v) is 7.11. The smallest absolute Gasteiger partial charge is 0.323 e. The van der Waals surface area contributed by atoms with Gasteiger partial charge in [-0.25, -0.2) is 4.98 Å². The van der Waals surface area contributed by atoms with Crippen molar-refractivity contribution in [2.45, 2.75) is 63.1 Å². The molecule has 0 aromatic carbocycles. The Morgan fingerprint density at radius 1 is 1.53 bits per heavy atom. The van der Waals surface area contributed by atoms with E-state index in [-0.39, 0.29) is 6.04 Å². The molecule has 0 aliphatic heterocycles. The summed E-state index contributed by atoms with van der Waals surface area (Å²) in [5.74, 6) is 0.277. The number of aryl methyl sites for hydroxylation is 1. The van der Waals surface area contributed by atoms with Crippen LogP contribution in [-0.4, -0.2) is 32.2 Å². The number of hydrogen-bond donors (Lipinski definition) is 2. The summed E-state index contributed by atoms with van der Waals surface area (Å²) >= 11 is 0. The number of carboxylic acids is 1. The maximum Gasteiger partial charge on any atom is 0.323 e. The van der Waals surface area contributed by atoms with Crippen molar-refractivity contribution in [3.63, 3.8) is 0 Å². The topological polar surface area (TPSA) is 67.2 Å². The highest BCUT2D eigenvalue weighted by Gasteiger charge is 2.46. The molecule has 0 saturated heterocycles. The molecule has 104 valence electrons. The van der Waals surface area contributed by atoms with Crippen LogP contribution in [0.4, 0.5) is 0 Å². The van der Waals surface area contributed by atoms with Crippen molar-refractivity contribution >= 4 is 5.97 Å². The Morgan fingerprint density at radius 3 is 2.89 bits per heavy atom. The molecule has 2 atom stereocenters. The van der Waals surface area contributed by atoms with Crippen LogP contribution in [0, 0.1) is 6.92 Å². The number of carboxylic acid groups (broad SMARTS) is 1. The summed E-state index contributed by atoms with van der Waals surface area (Å²) in [5.41, 5.74) is -0.735. The van der Waals surface area contributed by atoms with Crippen LogP contribution < -0.4 is 5.32 Å². The van der Waals surface area contributed by atoms with Gasteiger partial charge in [0, 0.05) is 24.5 Å². The van der Waals surface area contributed by atoms with E-state index in [0.717, 1.165) is 37.9 Å². The summed E-state index contributed by atoms with van der Waals surface area (Å²) in [4.78, 5) is 16.0. The zero-order chi connectivity index (χ0) is 13.5. The van der Waals surface area contributed by atoms with Crippen molar-refractivity contribution in [3.05, 3.63) is 18.2 Å². The normalized spacial score (nSPS) is 31.3. The van der Waals surface area contributed by atoms with E-state index in [1.165, 1.54) is 0 Å². The van der Waals surface area contributed by atoms with E-state index in [2.05, 4.69) is 14.9 Å². The van der Waals surface area contributed by atoms with E-state index < -0.39 is 11.5 Å². The molecule has 2 aliphatic carbocycles. The highest BCUT2D eigenvalue weighted by Crippen LogP contribution is 2.38. The maximum absolute atomic E-state index is 11.8. The van der Waals surface area contributed by atoms with Gasteiger partial charge < -0.3 is 9.67 Å². The van der Waals surface area contributed by atoms with Gasteiger partial charge in [-0.3, -0.25) is 10.1 Å². The van der Waals surface area contributed by atoms with Gasteiger partial charge in [-0.1, -0.05) is 0 Å². The number of aliphatic carboxylic acids is 1. The number of imidazole rings is 1. The first kappa shape index (κ1) is 12.7. The van der Waals surface area contributed by atoms with Crippen molar-refractivity contribution in [1.82, 2.24) is 14.9 Å². The molecule has 0 amide bonds. The lowest BCUT2D eigenvalue weighted by Gasteiger charge is -2.39. The molecule has 0 bridgehead atoms. The second kappa shape index (κ2) is 4.63. The van der Waals surface area contributed by atoms with Gasteiger partial charge in [-0.05, 0) is 45.4 Å². The number of rotatable bonds is 4. The van der Waals surface area contributed by atoms with Crippen LogP contribution in [0.2, 0.25) is 0 Å². The average Bonchev–Trinajstić information content (AvgIpc) is 3.08. The fourth-order valence-corrected chi connectivity index (χ4v) is 3.26. The number of nitrogens with one attached hydrogen (secondary N) is 1. The molecule has 2 fully saturated rings. The van der Waals surface area contributed by atoms with Gasteiger partial charge in [0.15, 0.2) is 0 Å². The second-order valence-electron chi connectivity index (χ2n) is 5.94. The van der Waals surface area contributed by atoms with Crippen molar-refractivity contribution < 1.29 is 9.90 Å². The summed E-state index contributed by atoms with van der Waals surface area (Å²) in [7, 11) is 0. The van der Waals surface area contributed by atoms with Crippen LogP contribution in [-0.2, 0) is 4.79 Å². The van der Waals surface area contributed by atoms with Crippen LogP contribution in [0.1, 0.15) is 50.4 Å². The van der Waals surface area contributed by atoms with Crippen molar-refractivity contribution in [2.24, 2.45) is 0 Å². The van der Waals surface area contributed by atoms with Crippen molar-refractivity contribution in [1.29, 1.82) is 0 Å². The molecule has 0 spiro atoms. The summed E-state index contributed by atoms with van der Waals surface area (Å²) in [5, 5.41) is 13.0. The van der Waals surface area contributed by atoms with Gasteiger partial charge in [0.25, 0.3) is 0 Å². The Kier molecular flexibility index (Phi) is 3.09. The Bertz CT molecular complexity index is 481. The molecule has 1 heterocycles. The van der Waals surface area contributed by atoms with Crippen LogP contribution in [0.25, 0.3) is 0 Å². The highest BCUT2D eigenvalue weighted by molar-refractivity contribution is 5.79. The molecule has 1 aromatic heterocycles. The van der Waals surface area contributed by atoms with Crippen molar-refractivity contribution in [3.8, 4) is 0 Å². The fourth-order valence-electron chi connectivity index (χ4n) is 3.26. The van der Waals surface area contributed by atoms with E-state index in [1.54, 1.807) is 6.20 Å². The third kappa shape index (κ3) is 2.39. The van der Waals surface area contributed by atoms with E-state index in [9.17, 15) is 9.90 Å². The minimum Gasteiger partial charge on any atom is -0.480 e. The largest absolute Gasteiger partial charge is 0.480 e. The third-order valence-corrected chi connectivity index (χ3v) is 4.45. The second-order valence-corrected chi connectivity index (χ2v) is 5.94. The number of nitrogens with zero attached hydrogens (tertiary/aromatic N) is 2. The average molecular weight is 263 g/mol. The predicted octanol–water partition coefficient (Wildman–Crippen LogP) is 1.88. The Balaban J connectivity index is 1.82. The molecule has 5 heteroatoms. The zero-order valence-electron chi connectivity index (χ0n) is 11.3. The first-order valence-electron chi connectivity index (χ1n) is 7.11. The van der Waals surface area contributed by atoms with Gasteiger partial charge in [0.1, 0.15) is 11.4 Å². The van der Waals surface area contributed by atoms with Crippen molar-refractivity contribution in [2.75, 3.05) is 0 Å². The van der Waals surface area contributed by atoms with Gasteiger partial charge in [0.2, 0.25) is 0 Å². The molecule has 1 aromatic rings. The summed E-state index contributed by atoms with van der Waals surface area (Å²) in [6.07, 6.45) is 9.38. The predicted molar refractivity (Wildman–Crippen MR) is 71.0 cm³/mol. The van der Waals surface area contributed by atoms with E-state index in [1.807, 2.05) is 13.1 Å². The molecule has 2 unspecified atom stereocenters. The van der Waals surface area contributed by atoms with Crippen LogP contribution in [0.15, 0.2) is 12.4 Å². The highest BCUT2D eigenvalue weighted by atomic mass is 16.4. The monoisotopic (exact) mass is 263 g/mol. The molecule has 2 N–H and O–H groups in total. The Morgan fingerprint density at radius 2 is 2.32 bits per heavy atom. The minimum absolute atomic E-state index is 0.249. The van der Waals surface area contributed by atoms with E-state index >= 15 is 0 Å². The van der Waals surface area contributed by atoms with E-state index in [4.69, 9.17) is 0 Å². The molecule has 0 radical (unpaired) electrons. The fraction of sp³-hybridized carbons (Fsp3) is 0.714. The molecule has 3 rings (SSSR count). The van der Waals surface area contributed by atoms with Gasteiger partial charge >= 0.3 is 5.97 Å². The van der Waals surface area contributed by atoms with Crippen LogP contribution in [0.5, 0.6) is 0 Å². The van der Waals surface area contributed by atoms with Crippen LogP contribution in [0.3, 0.4) is 0 Å². The Hall–Kier alpha value is -1.36. The van der Waals surface area contributed by atoms with Gasteiger partial charge in [-0.15, -0.1) is 0 Å².